The molecule has 2 atom stereocenters. The van der Waals surface area contributed by atoms with E-state index in [4.69, 9.17) is 0 Å². The molecule has 0 radical (unpaired) electrons. The Kier molecular flexibility index (Phi) is 4.36. The van der Waals surface area contributed by atoms with Gasteiger partial charge in [-0.1, -0.05) is 36.4 Å². The number of carbonyl (C=O) groups excluding carboxylic acids is 1. The van der Waals surface area contributed by atoms with Crippen LogP contribution in [-0.2, 0) is 11.2 Å². The standard InChI is InChI=1S/C17H20N2OS/c1-13-12-19(17(20)10-15-8-5-9-21-15)16(11-18-13)14-6-3-2-4-7-14/h2-9,13,16,18H,10-12H2,1H3. The van der Waals surface area contributed by atoms with E-state index < -0.39 is 0 Å². The summed E-state index contributed by atoms with van der Waals surface area (Å²) in [6, 6.07) is 14.8. The largest absolute Gasteiger partial charge is 0.333 e. The lowest BCUT2D eigenvalue weighted by Gasteiger charge is -2.39. The van der Waals surface area contributed by atoms with Crippen LogP contribution in [0, 0.1) is 0 Å². The number of benzene rings is 1. The van der Waals surface area contributed by atoms with Crippen LogP contribution in [0.5, 0.6) is 0 Å². The second kappa shape index (κ2) is 6.41. The zero-order valence-electron chi connectivity index (χ0n) is 12.2. The lowest BCUT2D eigenvalue weighted by Crippen LogP contribution is -2.53. The van der Waals surface area contributed by atoms with E-state index in [2.05, 4.69) is 24.4 Å². The highest BCUT2D eigenvalue weighted by Gasteiger charge is 2.30. The average Bonchev–Trinajstić information content (AvgIpc) is 3.01. The number of carbonyl (C=O) groups is 1. The minimum absolute atomic E-state index is 0.134. The smallest absolute Gasteiger partial charge is 0.228 e. The number of amides is 1. The van der Waals surface area contributed by atoms with Gasteiger partial charge in [-0.2, -0.15) is 0 Å². The van der Waals surface area contributed by atoms with E-state index in [0.717, 1.165) is 18.0 Å². The molecule has 0 aliphatic carbocycles. The summed E-state index contributed by atoms with van der Waals surface area (Å²) < 4.78 is 0. The first-order valence-corrected chi connectivity index (χ1v) is 8.22. The molecule has 1 amide bonds. The van der Waals surface area contributed by atoms with Gasteiger partial charge in [0, 0.05) is 24.0 Å². The lowest BCUT2D eigenvalue weighted by molar-refractivity contribution is -0.134. The first kappa shape index (κ1) is 14.3. The van der Waals surface area contributed by atoms with Crippen molar-refractivity contribution in [3.05, 3.63) is 58.3 Å². The van der Waals surface area contributed by atoms with E-state index in [1.54, 1.807) is 11.3 Å². The molecule has 1 fully saturated rings. The van der Waals surface area contributed by atoms with Gasteiger partial charge in [0.2, 0.25) is 5.91 Å². The van der Waals surface area contributed by atoms with Crippen molar-refractivity contribution in [2.75, 3.05) is 13.1 Å². The molecule has 1 N–H and O–H groups in total. The van der Waals surface area contributed by atoms with Gasteiger partial charge < -0.3 is 10.2 Å². The third kappa shape index (κ3) is 3.34. The molecule has 0 bridgehead atoms. The predicted molar refractivity (Wildman–Crippen MR) is 86.4 cm³/mol. The number of piperazine rings is 1. The Morgan fingerprint density at radius 2 is 2.10 bits per heavy atom. The van der Waals surface area contributed by atoms with Crippen molar-refractivity contribution in [3.8, 4) is 0 Å². The zero-order valence-corrected chi connectivity index (χ0v) is 13.0. The Morgan fingerprint density at radius 1 is 1.29 bits per heavy atom. The molecular weight excluding hydrogens is 280 g/mol. The Bertz CT molecular complexity index is 582. The van der Waals surface area contributed by atoms with Crippen molar-refractivity contribution in [2.24, 2.45) is 0 Å². The number of thiophene rings is 1. The quantitative estimate of drug-likeness (QED) is 0.945. The third-order valence-corrected chi connectivity index (χ3v) is 4.79. The van der Waals surface area contributed by atoms with E-state index in [9.17, 15) is 4.79 Å². The molecule has 0 spiro atoms. The van der Waals surface area contributed by atoms with Crippen LogP contribution in [0.3, 0.4) is 0 Å². The molecule has 4 heteroatoms. The maximum atomic E-state index is 12.7. The molecule has 1 aromatic carbocycles. The third-order valence-electron chi connectivity index (χ3n) is 3.92. The molecule has 0 saturated carbocycles. The second-order valence-electron chi connectivity index (χ2n) is 5.54. The summed E-state index contributed by atoms with van der Waals surface area (Å²) in [5.41, 5.74) is 1.21. The van der Waals surface area contributed by atoms with Gasteiger partial charge in [-0.15, -0.1) is 11.3 Å². The van der Waals surface area contributed by atoms with Crippen LogP contribution in [0.15, 0.2) is 47.8 Å². The maximum Gasteiger partial charge on any atom is 0.228 e. The summed E-state index contributed by atoms with van der Waals surface area (Å²) in [5, 5.41) is 5.51. The maximum absolute atomic E-state index is 12.7. The van der Waals surface area contributed by atoms with E-state index in [-0.39, 0.29) is 11.9 Å². The van der Waals surface area contributed by atoms with Crippen molar-refractivity contribution in [1.29, 1.82) is 0 Å². The molecule has 1 aliphatic heterocycles. The van der Waals surface area contributed by atoms with Gasteiger partial charge in [-0.3, -0.25) is 4.79 Å². The van der Waals surface area contributed by atoms with Gasteiger partial charge in [0.15, 0.2) is 0 Å². The highest BCUT2D eigenvalue weighted by molar-refractivity contribution is 7.10. The number of hydrogen-bond acceptors (Lipinski definition) is 3. The minimum atomic E-state index is 0.134. The van der Waals surface area contributed by atoms with Crippen LogP contribution >= 0.6 is 11.3 Å². The molecular formula is C17H20N2OS. The van der Waals surface area contributed by atoms with Crippen LogP contribution < -0.4 is 5.32 Å². The predicted octanol–water partition coefficient (Wildman–Crippen LogP) is 2.85. The van der Waals surface area contributed by atoms with Crippen molar-refractivity contribution in [2.45, 2.75) is 25.4 Å². The molecule has 110 valence electrons. The fourth-order valence-corrected chi connectivity index (χ4v) is 3.52. The molecule has 3 nitrogen and oxygen atoms in total. The molecule has 2 aromatic rings. The van der Waals surface area contributed by atoms with Crippen molar-refractivity contribution >= 4 is 17.2 Å². The highest BCUT2D eigenvalue weighted by atomic mass is 32.1. The summed E-state index contributed by atoms with van der Waals surface area (Å²) >= 11 is 1.65. The number of hydrogen-bond donors (Lipinski definition) is 1. The first-order chi connectivity index (χ1) is 10.2. The van der Waals surface area contributed by atoms with Crippen molar-refractivity contribution in [3.63, 3.8) is 0 Å². The first-order valence-electron chi connectivity index (χ1n) is 7.34. The Morgan fingerprint density at radius 3 is 2.81 bits per heavy atom. The topological polar surface area (TPSA) is 32.3 Å². The zero-order chi connectivity index (χ0) is 14.7. The fourth-order valence-electron chi connectivity index (χ4n) is 2.82. The second-order valence-corrected chi connectivity index (χ2v) is 6.57. The minimum Gasteiger partial charge on any atom is -0.333 e. The highest BCUT2D eigenvalue weighted by Crippen LogP contribution is 2.25. The van der Waals surface area contributed by atoms with Crippen molar-refractivity contribution in [1.82, 2.24) is 10.2 Å². The van der Waals surface area contributed by atoms with E-state index in [1.807, 2.05) is 40.6 Å². The van der Waals surface area contributed by atoms with Crippen molar-refractivity contribution < 1.29 is 4.79 Å². The van der Waals surface area contributed by atoms with Crippen LogP contribution in [-0.4, -0.2) is 29.9 Å². The molecule has 3 rings (SSSR count). The molecule has 1 saturated heterocycles. The van der Waals surface area contributed by atoms with Crippen LogP contribution in [0.25, 0.3) is 0 Å². The lowest BCUT2D eigenvalue weighted by atomic mass is 10.0. The van der Waals surface area contributed by atoms with Gasteiger partial charge in [0.05, 0.1) is 12.5 Å². The summed E-state index contributed by atoms with van der Waals surface area (Å²) in [4.78, 5) is 15.9. The number of nitrogens with one attached hydrogen (secondary N) is 1. The molecule has 1 aromatic heterocycles. The van der Waals surface area contributed by atoms with Gasteiger partial charge in [-0.05, 0) is 23.9 Å². The summed E-state index contributed by atoms with van der Waals surface area (Å²) in [6.45, 7) is 3.72. The Hall–Kier alpha value is -1.65. The Balaban J connectivity index is 1.79. The summed E-state index contributed by atoms with van der Waals surface area (Å²) in [7, 11) is 0. The van der Waals surface area contributed by atoms with Gasteiger partial charge >= 0.3 is 0 Å². The van der Waals surface area contributed by atoms with Gasteiger partial charge in [0.25, 0.3) is 0 Å². The Labute approximate surface area is 129 Å². The molecule has 2 unspecified atom stereocenters. The van der Waals surface area contributed by atoms with Crippen LogP contribution in [0.1, 0.15) is 23.4 Å². The molecule has 21 heavy (non-hydrogen) atoms. The molecule has 2 heterocycles. The van der Waals surface area contributed by atoms with E-state index in [1.165, 1.54) is 5.56 Å². The summed E-state index contributed by atoms with van der Waals surface area (Å²) in [5.74, 6) is 0.222. The summed E-state index contributed by atoms with van der Waals surface area (Å²) in [6.07, 6.45) is 0.508. The number of nitrogens with zero attached hydrogens (tertiary/aromatic N) is 1. The SMILES string of the molecule is CC1CN(C(=O)Cc2cccs2)C(c2ccccc2)CN1. The normalized spacial score (nSPS) is 22.2. The van der Waals surface area contributed by atoms with Crippen LogP contribution in [0.4, 0.5) is 0 Å². The number of rotatable bonds is 3. The van der Waals surface area contributed by atoms with Gasteiger partial charge in [0.1, 0.15) is 0 Å². The van der Waals surface area contributed by atoms with Crippen LogP contribution in [0.2, 0.25) is 0 Å². The average molecular weight is 300 g/mol. The van der Waals surface area contributed by atoms with E-state index in [0.29, 0.717) is 12.5 Å². The molecule has 1 aliphatic rings. The monoisotopic (exact) mass is 300 g/mol. The van der Waals surface area contributed by atoms with E-state index >= 15 is 0 Å². The van der Waals surface area contributed by atoms with Gasteiger partial charge in [-0.25, -0.2) is 0 Å². The fraction of sp³-hybridized carbons (Fsp3) is 0.353.